The predicted molar refractivity (Wildman–Crippen MR) is 49.5 cm³/mol. The molecule has 0 amide bonds. The van der Waals surface area contributed by atoms with Crippen molar-refractivity contribution in [1.82, 2.24) is 4.98 Å². The Balaban J connectivity index is 2.96. The Bertz CT molecular complexity index is 248. The summed E-state index contributed by atoms with van der Waals surface area (Å²) >= 11 is 0. The molecule has 0 spiro atoms. The van der Waals surface area contributed by atoms with Gasteiger partial charge < -0.3 is 4.74 Å². The smallest absolute Gasteiger partial charge is 0.143 e. The van der Waals surface area contributed by atoms with Gasteiger partial charge in [0.1, 0.15) is 5.75 Å². The van der Waals surface area contributed by atoms with Crippen LogP contribution in [0.2, 0.25) is 0 Å². The molecule has 0 atom stereocenters. The first-order valence-corrected chi connectivity index (χ1v) is 4.20. The maximum Gasteiger partial charge on any atom is 0.143 e. The van der Waals surface area contributed by atoms with E-state index in [4.69, 9.17) is 4.74 Å². The largest absolute Gasteiger partial charge is 0.489 e. The first-order chi connectivity index (χ1) is 5.61. The van der Waals surface area contributed by atoms with Gasteiger partial charge in [-0.3, -0.25) is 4.98 Å². The number of pyridine rings is 1. The highest BCUT2D eigenvalue weighted by atomic mass is 16.5. The van der Waals surface area contributed by atoms with Crippen LogP contribution in [0.4, 0.5) is 0 Å². The second-order valence-electron chi connectivity index (χ2n) is 3.21. The summed E-state index contributed by atoms with van der Waals surface area (Å²) in [6, 6.07) is 1.96. The molecule has 0 radical (unpaired) electrons. The van der Waals surface area contributed by atoms with Crippen LogP contribution in [0.25, 0.3) is 0 Å². The van der Waals surface area contributed by atoms with Gasteiger partial charge in [0.25, 0.3) is 0 Å². The van der Waals surface area contributed by atoms with Gasteiger partial charge in [0, 0.05) is 6.20 Å². The van der Waals surface area contributed by atoms with E-state index in [0.717, 1.165) is 17.0 Å². The molecule has 0 aliphatic heterocycles. The Morgan fingerprint density at radius 2 is 2.00 bits per heavy atom. The fraction of sp³-hybridized carbons (Fsp3) is 0.500. The second kappa shape index (κ2) is 3.57. The first-order valence-electron chi connectivity index (χ1n) is 4.20. The van der Waals surface area contributed by atoms with Gasteiger partial charge in [0.05, 0.1) is 11.8 Å². The minimum Gasteiger partial charge on any atom is -0.489 e. The average molecular weight is 165 g/mol. The van der Waals surface area contributed by atoms with Crippen LogP contribution in [0.5, 0.6) is 5.75 Å². The minimum atomic E-state index is 0.214. The molecule has 0 aliphatic carbocycles. The lowest BCUT2D eigenvalue weighted by molar-refractivity contribution is 0.238. The molecule has 0 unspecified atom stereocenters. The molecule has 0 N–H and O–H groups in total. The van der Waals surface area contributed by atoms with Gasteiger partial charge in [0.2, 0.25) is 0 Å². The van der Waals surface area contributed by atoms with Crippen molar-refractivity contribution in [2.45, 2.75) is 33.8 Å². The van der Waals surface area contributed by atoms with Crippen molar-refractivity contribution >= 4 is 0 Å². The van der Waals surface area contributed by atoms with E-state index in [-0.39, 0.29) is 6.10 Å². The van der Waals surface area contributed by atoms with Crippen molar-refractivity contribution in [2.24, 2.45) is 0 Å². The highest BCUT2D eigenvalue weighted by Gasteiger charge is 2.05. The molecule has 0 aromatic carbocycles. The van der Waals surface area contributed by atoms with Gasteiger partial charge in [-0.05, 0) is 39.3 Å². The molecule has 2 nitrogen and oxygen atoms in total. The van der Waals surface area contributed by atoms with Gasteiger partial charge in [-0.25, -0.2) is 0 Å². The highest BCUT2D eigenvalue weighted by Crippen LogP contribution is 2.21. The van der Waals surface area contributed by atoms with Crippen molar-refractivity contribution in [1.29, 1.82) is 0 Å². The van der Waals surface area contributed by atoms with Gasteiger partial charge in [-0.15, -0.1) is 0 Å². The van der Waals surface area contributed by atoms with Gasteiger partial charge in [0.15, 0.2) is 0 Å². The number of hydrogen-bond donors (Lipinski definition) is 0. The van der Waals surface area contributed by atoms with E-state index in [2.05, 4.69) is 4.98 Å². The van der Waals surface area contributed by atoms with E-state index in [0.29, 0.717) is 0 Å². The quantitative estimate of drug-likeness (QED) is 0.671. The van der Waals surface area contributed by atoms with E-state index < -0.39 is 0 Å². The van der Waals surface area contributed by atoms with Crippen LogP contribution in [0, 0.1) is 13.8 Å². The van der Waals surface area contributed by atoms with E-state index in [1.54, 1.807) is 6.20 Å². The molecule has 12 heavy (non-hydrogen) atoms. The summed E-state index contributed by atoms with van der Waals surface area (Å²) in [5.74, 6) is 0.924. The minimum absolute atomic E-state index is 0.214. The van der Waals surface area contributed by atoms with Crippen molar-refractivity contribution in [3.05, 3.63) is 23.5 Å². The molecule has 1 rings (SSSR count). The molecular formula is C10H15NO. The molecule has 0 saturated heterocycles. The third-order valence-electron chi connectivity index (χ3n) is 1.63. The zero-order valence-corrected chi connectivity index (χ0v) is 8.09. The van der Waals surface area contributed by atoms with Gasteiger partial charge in [-0.2, -0.15) is 0 Å². The number of aromatic nitrogens is 1. The van der Waals surface area contributed by atoms with Crippen LogP contribution in [0.1, 0.15) is 25.1 Å². The van der Waals surface area contributed by atoms with Crippen LogP contribution in [0.3, 0.4) is 0 Å². The van der Waals surface area contributed by atoms with Crippen LogP contribution >= 0.6 is 0 Å². The fourth-order valence-electron chi connectivity index (χ4n) is 1.09. The van der Waals surface area contributed by atoms with E-state index in [1.807, 2.05) is 33.8 Å². The van der Waals surface area contributed by atoms with Crippen LogP contribution < -0.4 is 4.74 Å². The Labute approximate surface area is 73.6 Å². The second-order valence-corrected chi connectivity index (χ2v) is 3.21. The van der Waals surface area contributed by atoms with E-state index in [9.17, 15) is 0 Å². The zero-order chi connectivity index (χ0) is 9.14. The first kappa shape index (κ1) is 9.04. The normalized spacial score (nSPS) is 10.4. The van der Waals surface area contributed by atoms with Crippen molar-refractivity contribution in [2.75, 3.05) is 0 Å². The van der Waals surface area contributed by atoms with Crippen LogP contribution in [-0.4, -0.2) is 11.1 Å². The number of aryl methyl sites for hydroxylation is 2. The van der Waals surface area contributed by atoms with Crippen LogP contribution in [-0.2, 0) is 0 Å². The van der Waals surface area contributed by atoms with E-state index in [1.165, 1.54) is 0 Å². The lowest BCUT2D eigenvalue weighted by Crippen LogP contribution is -2.08. The molecular weight excluding hydrogens is 150 g/mol. The summed E-state index contributed by atoms with van der Waals surface area (Å²) in [5.41, 5.74) is 2.11. The molecule has 0 saturated carbocycles. The van der Waals surface area contributed by atoms with Crippen molar-refractivity contribution in [3.63, 3.8) is 0 Å². The van der Waals surface area contributed by atoms with Crippen molar-refractivity contribution in [3.8, 4) is 5.75 Å². The van der Waals surface area contributed by atoms with Crippen molar-refractivity contribution < 1.29 is 4.74 Å². The number of ether oxygens (including phenoxy) is 1. The Morgan fingerprint density at radius 1 is 1.33 bits per heavy atom. The fourth-order valence-corrected chi connectivity index (χ4v) is 1.09. The molecule has 66 valence electrons. The van der Waals surface area contributed by atoms with Gasteiger partial charge in [-0.1, -0.05) is 0 Å². The number of rotatable bonds is 2. The summed E-state index contributed by atoms with van der Waals surface area (Å²) in [5, 5.41) is 0. The average Bonchev–Trinajstić information content (AvgIpc) is 1.97. The summed E-state index contributed by atoms with van der Waals surface area (Å²) in [6.07, 6.45) is 2.02. The SMILES string of the molecule is Cc1ccnc(C)c1OC(C)C. The Morgan fingerprint density at radius 3 is 2.50 bits per heavy atom. The summed E-state index contributed by atoms with van der Waals surface area (Å²) < 4.78 is 5.61. The standard InChI is InChI=1S/C10H15NO/c1-7(2)12-10-8(3)5-6-11-9(10)4/h5-7H,1-4H3. The zero-order valence-electron chi connectivity index (χ0n) is 8.09. The molecule has 1 aromatic rings. The van der Waals surface area contributed by atoms with Gasteiger partial charge >= 0.3 is 0 Å². The third kappa shape index (κ3) is 1.97. The van der Waals surface area contributed by atoms with E-state index >= 15 is 0 Å². The number of hydrogen-bond acceptors (Lipinski definition) is 2. The molecule has 0 aliphatic rings. The lowest BCUT2D eigenvalue weighted by atomic mass is 10.2. The Hall–Kier alpha value is -1.05. The Kier molecular flexibility index (Phi) is 2.69. The van der Waals surface area contributed by atoms with Crippen LogP contribution in [0.15, 0.2) is 12.3 Å². The maximum absolute atomic E-state index is 5.61. The third-order valence-corrected chi connectivity index (χ3v) is 1.63. The molecule has 2 heteroatoms. The lowest BCUT2D eigenvalue weighted by Gasteiger charge is -2.13. The maximum atomic E-state index is 5.61. The predicted octanol–water partition coefficient (Wildman–Crippen LogP) is 2.49. The number of nitrogens with zero attached hydrogens (tertiary/aromatic N) is 1. The summed E-state index contributed by atoms with van der Waals surface area (Å²) in [7, 11) is 0. The molecule has 0 bridgehead atoms. The molecule has 1 heterocycles. The topological polar surface area (TPSA) is 22.1 Å². The molecule has 1 aromatic heterocycles. The summed E-state index contributed by atoms with van der Waals surface area (Å²) in [4.78, 5) is 4.17. The molecule has 0 fully saturated rings. The summed E-state index contributed by atoms with van der Waals surface area (Å²) in [6.45, 7) is 8.04. The highest BCUT2D eigenvalue weighted by molar-refractivity contribution is 5.34. The monoisotopic (exact) mass is 165 g/mol.